The largest absolute Gasteiger partial charge is 0.480 e. The van der Waals surface area contributed by atoms with E-state index < -0.39 is 18.0 Å². The lowest BCUT2D eigenvalue weighted by molar-refractivity contribution is -0.144. The maximum atomic E-state index is 12.0. The number of carboxylic acid groups (broad SMARTS) is 1. The molecule has 1 saturated heterocycles. The van der Waals surface area contributed by atoms with E-state index in [1.54, 1.807) is 0 Å². The highest BCUT2D eigenvalue weighted by Crippen LogP contribution is 2.16. The van der Waals surface area contributed by atoms with E-state index in [2.05, 4.69) is 15.4 Å². The van der Waals surface area contributed by atoms with Crippen molar-refractivity contribution in [1.82, 2.24) is 10.6 Å². The van der Waals surface area contributed by atoms with Crippen LogP contribution in [0.1, 0.15) is 19.8 Å². The summed E-state index contributed by atoms with van der Waals surface area (Å²) in [5, 5.41) is 14.6. The number of hydrogen-bond acceptors (Lipinski definition) is 5. The van der Waals surface area contributed by atoms with Gasteiger partial charge in [0.15, 0.2) is 0 Å². The highest BCUT2D eigenvalue weighted by atomic mass is 16.5. The van der Waals surface area contributed by atoms with E-state index in [1.165, 1.54) is 7.11 Å². The third kappa shape index (κ3) is 4.51. The van der Waals surface area contributed by atoms with Crippen molar-refractivity contribution in [2.24, 2.45) is 11.8 Å². The second-order valence-electron chi connectivity index (χ2n) is 4.76. The lowest BCUT2D eigenvalue weighted by Gasteiger charge is -2.18. The predicted octanol–water partition coefficient (Wildman–Crippen LogP) is -0.635. The minimum Gasteiger partial charge on any atom is -0.480 e. The molecule has 2 unspecified atom stereocenters. The number of carboxylic acids is 1. The van der Waals surface area contributed by atoms with E-state index in [4.69, 9.17) is 5.11 Å². The Morgan fingerprint density at radius 2 is 2.11 bits per heavy atom. The topological polar surface area (TPSA) is 105 Å². The molecule has 108 valence electrons. The van der Waals surface area contributed by atoms with Crippen molar-refractivity contribution < 1.29 is 24.2 Å². The van der Waals surface area contributed by atoms with Crippen molar-refractivity contribution in [3.63, 3.8) is 0 Å². The minimum absolute atomic E-state index is 0.0300. The fourth-order valence-electron chi connectivity index (χ4n) is 2.06. The van der Waals surface area contributed by atoms with Crippen molar-refractivity contribution in [2.45, 2.75) is 25.8 Å². The van der Waals surface area contributed by atoms with Crippen LogP contribution in [0.5, 0.6) is 0 Å². The van der Waals surface area contributed by atoms with Gasteiger partial charge in [-0.25, -0.2) is 4.79 Å². The van der Waals surface area contributed by atoms with Crippen LogP contribution in [-0.4, -0.2) is 49.2 Å². The van der Waals surface area contributed by atoms with E-state index in [0.717, 1.165) is 6.54 Å². The monoisotopic (exact) mass is 272 g/mol. The van der Waals surface area contributed by atoms with Crippen LogP contribution in [0.15, 0.2) is 0 Å². The fourth-order valence-corrected chi connectivity index (χ4v) is 2.06. The first-order valence-electron chi connectivity index (χ1n) is 6.26. The number of carbonyl (C=O) groups is 3. The zero-order valence-electron chi connectivity index (χ0n) is 11.1. The molecule has 3 atom stereocenters. The number of nitrogens with one attached hydrogen (secondary N) is 2. The average Bonchev–Trinajstić information content (AvgIpc) is 2.79. The smallest absolute Gasteiger partial charge is 0.326 e. The van der Waals surface area contributed by atoms with Gasteiger partial charge in [-0.15, -0.1) is 0 Å². The first-order valence-corrected chi connectivity index (χ1v) is 6.26. The molecule has 1 rings (SSSR count). The lowest BCUT2D eigenvalue weighted by Crippen LogP contribution is -2.45. The summed E-state index contributed by atoms with van der Waals surface area (Å²) in [5.74, 6) is -1.96. The molecule has 0 aromatic carbocycles. The number of hydrogen-bond donors (Lipinski definition) is 3. The normalized spacial score (nSPS) is 23.7. The molecule has 1 fully saturated rings. The molecule has 0 aromatic rings. The van der Waals surface area contributed by atoms with Crippen molar-refractivity contribution in [3.8, 4) is 0 Å². The number of rotatable bonds is 6. The molecule has 1 aliphatic heterocycles. The first kappa shape index (κ1) is 15.4. The maximum absolute atomic E-state index is 12.0. The molecule has 0 radical (unpaired) electrons. The third-order valence-corrected chi connectivity index (χ3v) is 3.33. The van der Waals surface area contributed by atoms with E-state index in [-0.39, 0.29) is 30.6 Å². The van der Waals surface area contributed by atoms with Crippen LogP contribution in [0.25, 0.3) is 0 Å². The molecule has 1 aliphatic rings. The number of carbonyl (C=O) groups excluding carboxylic acids is 2. The molecule has 19 heavy (non-hydrogen) atoms. The molecule has 7 nitrogen and oxygen atoms in total. The van der Waals surface area contributed by atoms with Crippen molar-refractivity contribution in [2.75, 3.05) is 20.2 Å². The Balaban J connectivity index is 2.51. The van der Waals surface area contributed by atoms with Crippen LogP contribution in [0.2, 0.25) is 0 Å². The van der Waals surface area contributed by atoms with Gasteiger partial charge in [-0.2, -0.15) is 0 Å². The van der Waals surface area contributed by atoms with Gasteiger partial charge in [0, 0.05) is 13.0 Å². The van der Waals surface area contributed by atoms with Crippen LogP contribution in [0, 0.1) is 11.8 Å². The molecular formula is C12H20N2O5. The maximum Gasteiger partial charge on any atom is 0.326 e. The predicted molar refractivity (Wildman–Crippen MR) is 66.3 cm³/mol. The summed E-state index contributed by atoms with van der Waals surface area (Å²) < 4.78 is 4.45. The highest BCUT2D eigenvalue weighted by molar-refractivity contribution is 5.85. The third-order valence-electron chi connectivity index (χ3n) is 3.33. The fraction of sp³-hybridized carbons (Fsp3) is 0.750. The van der Waals surface area contributed by atoms with Crippen LogP contribution < -0.4 is 10.6 Å². The summed E-state index contributed by atoms with van der Waals surface area (Å²) in [4.78, 5) is 34.0. The van der Waals surface area contributed by atoms with Gasteiger partial charge >= 0.3 is 11.9 Å². The molecule has 1 amide bonds. The number of esters is 1. The summed E-state index contributed by atoms with van der Waals surface area (Å²) in [6, 6.07) is -1.06. The summed E-state index contributed by atoms with van der Waals surface area (Å²) in [5.41, 5.74) is 0. The van der Waals surface area contributed by atoms with Crippen molar-refractivity contribution in [3.05, 3.63) is 0 Å². The molecule has 0 aromatic heterocycles. The van der Waals surface area contributed by atoms with Crippen molar-refractivity contribution >= 4 is 17.8 Å². The van der Waals surface area contributed by atoms with Gasteiger partial charge < -0.3 is 20.5 Å². The molecule has 1 heterocycles. The quantitative estimate of drug-likeness (QED) is 0.556. The Morgan fingerprint density at radius 1 is 1.42 bits per heavy atom. The van der Waals surface area contributed by atoms with E-state index in [1.807, 2.05) is 6.92 Å². The number of aliphatic carboxylic acids is 1. The second-order valence-corrected chi connectivity index (χ2v) is 4.76. The molecule has 0 spiro atoms. The zero-order valence-corrected chi connectivity index (χ0v) is 11.1. The lowest BCUT2D eigenvalue weighted by atomic mass is 9.96. The van der Waals surface area contributed by atoms with Gasteiger partial charge in [-0.05, 0) is 18.9 Å². The van der Waals surface area contributed by atoms with E-state index >= 15 is 0 Å². The summed E-state index contributed by atoms with van der Waals surface area (Å²) >= 11 is 0. The number of amides is 1. The molecule has 0 aliphatic carbocycles. The van der Waals surface area contributed by atoms with Crippen LogP contribution in [-0.2, 0) is 19.1 Å². The van der Waals surface area contributed by atoms with Crippen LogP contribution in [0.4, 0.5) is 0 Å². The Hall–Kier alpha value is -1.63. The Kier molecular flexibility index (Phi) is 5.75. The SMILES string of the molecule is COC(=O)CC[C@@H](NC(=O)C1CNCC1C)C(=O)O. The molecule has 7 heteroatoms. The standard InChI is InChI=1S/C12H20N2O5/c1-7-5-13-6-8(7)11(16)14-9(12(17)18)3-4-10(15)19-2/h7-9,13H,3-6H2,1-2H3,(H,14,16)(H,17,18)/t7?,8?,9-/m1/s1. The second kappa shape index (κ2) is 7.08. The van der Waals surface area contributed by atoms with Crippen molar-refractivity contribution in [1.29, 1.82) is 0 Å². The highest BCUT2D eigenvalue weighted by Gasteiger charge is 2.32. The Bertz CT molecular complexity index is 358. The number of ether oxygens (including phenoxy) is 1. The molecule has 0 saturated carbocycles. The van der Waals surface area contributed by atoms with Gasteiger partial charge in [0.25, 0.3) is 0 Å². The average molecular weight is 272 g/mol. The van der Waals surface area contributed by atoms with Crippen LogP contribution >= 0.6 is 0 Å². The molecule has 3 N–H and O–H groups in total. The van der Waals surface area contributed by atoms with Gasteiger partial charge in [-0.3, -0.25) is 9.59 Å². The molecule has 0 bridgehead atoms. The van der Waals surface area contributed by atoms with Crippen LogP contribution in [0.3, 0.4) is 0 Å². The van der Waals surface area contributed by atoms with Gasteiger partial charge in [0.1, 0.15) is 6.04 Å². The minimum atomic E-state index is -1.14. The van der Waals surface area contributed by atoms with E-state index in [9.17, 15) is 14.4 Å². The van der Waals surface area contributed by atoms with Gasteiger partial charge in [0.2, 0.25) is 5.91 Å². The van der Waals surface area contributed by atoms with Gasteiger partial charge in [0.05, 0.1) is 13.0 Å². The Morgan fingerprint density at radius 3 is 2.58 bits per heavy atom. The summed E-state index contributed by atoms with van der Waals surface area (Å²) in [6.07, 6.45) is -0.00546. The molecular weight excluding hydrogens is 252 g/mol. The first-order chi connectivity index (χ1) is 8.95. The number of methoxy groups -OCH3 is 1. The van der Waals surface area contributed by atoms with Gasteiger partial charge in [-0.1, -0.05) is 6.92 Å². The van der Waals surface area contributed by atoms with E-state index in [0.29, 0.717) is 6.54 Å². The summed E-state index contributed by atoms with van der Waals surface area (Å²) in [6.45, 7) is 3.24. The summed E-state index contributed by atoms with van der Waals surface area (Å²) in [7, 11) is 1.24. The zero-order chi connectivity index (χ0) is 14.4. The Labute approximate surface area is 111 Å².